The summed E-state index contributed by atoms with van der Waals surface area (Å²) in [5.41, 5.74) is 1.49. The van der Waals surface area contributed by atoms with Crippen molar-refractivity contribution in [2.24, 2.45) is 0 Å². The highest BCUT2D eigenvalue weighted by Gasteiger charge is 2.42. The van der Waals surface area contributed by atoms with Crippen LogP contribution in [0.15, 0.2) is 54.6 Å². The third-order valence-electron chi connectivity index (χ3n) is 5.35. The van der Waals surface area contributed by atoms with E-state index in [1.165, 1.54) is 41.6 Å². The molecule has 0 aliphatic rings. The van der Waals surface area contributed by atoms with Gasteiger partial charge in [0.15, 0.2) is 0 Å². The van der Waals surface area contributed by atoms with E-state index in [2.05, 4.69) is 100 Å². The van der Waals surface area contributed by atoms with E-state index in [0.717, 1.165) is 29.5 Å². The van der Waals surface area contributed by atoms with Gasteiger partial charge in [0.05, 0.1) is 6.10 Å². The number of hydrogen-bond donors (Lipinski definition) is 0. The van der Waals surface area contributed by atoms with Crippen molar-refractivity contribution >= 4 is 50.6 Å². The lowest BCUT2D eigenvalue weighted by molar-refractivity contribution is 0.220. The molecule has 4 heteroatoms. The molecular formula is C24H34Br2OSi. The van der Waals surface area contributed by atoms with Crippen molar-refractivity contribution in [3.05, 3.63) is 60.2 Å². The molecule has 0 saturated carbocycles. The highest BCUT2D eigenvalue weighted by atomic mass is 79.9. The van der Waals surface area contributed by atoms with Crippen molar-refractivity contribution in [3.8, 4) is 0 Å². The van der Waals surface area contributed by atoms with Crippen LogP contribution in [0.3, 0.4) is 0 Å². The molecule has 2 rings (SSSR count). The minimum Gasteiger partial charge on any atom is -0.404 e. The molecule has 0 amide bonds. The van der Waals surface area contributed by atoms with E-state index >= 15 is 0 Å². The standard InChI is InChI=1S/C24H34Br2OSi/c1-3-5-12-21-13-10-11-16-24(21)28(19-6-4-2,23-14-8-7-9-15-23)27-22(20-26)17-18-25/h7-11,13-16,22H,3-6,12,17-20H2,1-2H3. The molecule has 2 aromatic rings. The van der Waals surface area contributed by atoms with Crippen molar-refractivity contribution in [2.75, 3.05) is 10.7 Å². The first-order valence-electron chi connectivity index (χ1n) is 10.7. The Labute approximate surface area is 189 Å². The van der Waals surface area contributed by atoms with Crippen molar-refractivity contribution in [2.45, 2.75) is 64.5 Å². The normalized spacial score (nSPS) is 14.6. The molecule has 0 saturated heterocycles. The molecule has 0 aromatic heterocycles. The van der Waals surface area contributed by atoms with Gasteiger partial charge in [0, 0.05) is 10.7 Å². The quantitative estimate of drug-likeness (QED) is 0.215. The lowest BCUT2D eigenvalue weighted by Gasteiger charge is -2.37. The number of hydrogen-bond acceptors (Lipinski definition) is 1. The molecule has 0 radical (unpaired) electrons. The lowest BCUT2D eigenvalue weighted by Crippen LogP contribution is -2.63. The van der Waals surface area contributed by atoms with Gasteiger partial charge in [-0.25, -0.2) is 0 Å². The van der Waals surface area contributed by atoms with Gasteiger partial charge < -0.3 is 4.43 Å². The van der Waals surface area contributed by atoms with Gasteiger partial charge in [-0.05, 0) is 41.2 Å². The van der Waals surface area contributed by atoms with Crippen LogP contribution in [-0.2, 0) is 10.8 Å². The Morgan fingerprint density at radius 2 is 1.57 bits per heavy atom. The fourth-order valence-electron chi connectivity index (χ4n) is 3.83. The van der Waals surface area contributed by atoms with Crippen LogP contribution in [0.4, 0.5) is 0 Å². The van der Waals surface area contributed by atoms with Gasteiger partial charge in [0.2, 0.25) is 0 Å². The zero-order valence-corrected chi connectivity index (χ0v) is 21.5. The van der Waals surface area contributed by atoms with E-state index in [4.69, 9.17) is 4.43 Å². The second-order valence-electron chi connectivity index (χ2n) is 7.43. The number of unbranched alkanes of at least 4 members (excludes halogenated alkanes) is 2. The summed E-state index contributed by atoms with van der Waals surface area (Å²) in [5.74, 6) is 0. The average Bonchev–Trinajstić information content (AvgIpc) is 2.75. The van der Waals surface area contributed by atoms with Crippen LogP contribution >= 0.6 is 31.9 Å². The molecular weight excluding hydrogens is 492 g/mol. The molecule has 2 unspecified atom stereocenters. The summed E-state index contributed by atoms with van der Waals surface area (Å²) in [6.07, 6.45) is 7.23. The highest BCUT2D eigenvalue weighted by molar-refractivity contribution is 9.09. The van der Waals surface area contributed by atoms with Crippen molar-refractivity contribution < 1.29 is 4.43 Å². The Morgan fingerprint density at radius 3 is 2.21 bits per heavy atom. The number of benzene rings is 2. The van der Waals surface area contributed by atoms with Gasteiger partial charge >= 0.3 is 0 Å². The largest absolute Gasteiger partial charge is 0.404 e. The maximum atomic E-state index is 7.18. The minimum absolute atomic E-state index is 0.224. The molecule has 0 spiro atoms. The number of rotatable bonds is 13. The Hall–Kier alpha value is -0.423. The summed E-state index contributed by atoms with van der Waals surface area (Å²) >= 11 is 7.35. The fourth-order valence-corrected chi connectivity index (χ4v) is 9.74. The van der Waals surface area contributed by atoms with Gasteiger partial charge in [-0.3, -0.25) is 0 Å². The van der Waals surface area contributed by atoms with E-state index in [-0.39, 0.29) is 6.10 Å². The smallest absolute Gasteiger partial charge is 0.256 e. The molecule has 1 nitrogen and oxygen atoms in total. The Morgan fingerprint density at radius 1 is 0.893 bits per heavy atom. The molecule has 0 aliphatic carbocycles. The molecule has 0 fully saturated rings. The zero-order valence-electron chi connectivity index (χ0n) is 17.3. The lowest BCUT2D eigenvalue weighted by atomic mass is 10.1. The maximum absolute atomic E-state index is 7.18. The van der Waals surface area contributed by atoms with Gasteiger partial charge in [0.1, 0.15) is 0 Å². The Balaban J connectivity index is 2.62. The summed E-state index contributed by atoms with van der Waals surface area (Å²) in [6, 6.07) is 21.3. The zero-order chi connectivity index (χ0) is 20.2. The highest BCUT2D eigenvalue weighted by Crippen LogP contribution is 2.23. The summed E-state index contributed by atoms with van der Waals surface area (Å²) in [4.78, 5) is 0. The second kappa shape index (κ2) is 13.0. The maximum Gasteiger partial charge on any atom is 0.256 e. The van der Waals surface area contributed by atoms with Crippen LogP contribution < -0.4 is 10.4 Å². The van der Waals surface area contributed by atoms with Crippen LogP contribution in [-0.4, -0.2) is 25.1 Å². The van der Waals surface area contributed by atoms with Crippen LogP contribution in [0.5, 0.6) is 0 Å². The first-order chi connectivity index (χ1) is 13.7. The first-order valence-corrected chi connectivity index (χ1v) is 15.0. The fraction of sp³-hybridized carbons (Fsp3) is 0.500. The SMILES string of the molecule is CCCCc1ccccc1[Si](CCCC)(OC(CBr)CCBr)c1ccccc1. The summed E-state index contributed by atoms with van der Waals surface area (Å²) < 4.78 is 7.18. The minimum atomic E-state index is -2.34. The molecule has 0 bridgehead atoms. The van der Waals surface area contributed by atoms with Crippen LogP contribution in [0.2, 0.25) is 6.04 Å². The third-order valence-corrected chi connectivity index (χ3v) is 10.9. The van der Waals surface area contributed by atoms with E-state index < -0.39 is 8.32 Å². The molecule has 154 valence electrons. The molecule has 2 aromatic carbocycles. The molecule has 0 N–H and O–H groups in total. The third kappa shape index (κ3) is 6.29. The van der Waals surface area contributed by atoms with Crippen LogP contribution in [0, 0.1) is 0 Å². The molecule has 2 atom stereocenters. The van der Waals surface area contributed by atoms with E-state index in [9.17, 15) is 0 Å². The van der Waals surface area contributed by atoms with Crippen LogP contribution in [0.25, 0.3) is 0 Å². The van der Waals surface area contributed by atoms with E-state index in [1.807, 2.05) is 0 Å². The molecule has 0 aliphatic heterocycles. The van der Waals surface area contributed by atoms with Gasteiger partial charge in [0.25, 0.3) is 8.32 Å². The Bertz CT molecular complexity index is 679. The van der Waals surface area contributed by atoms with Gasteiger partial charge in [-0.15, -0.1) is 0 Å². The topological polar surface area (TPSA) is 9.23 Å². The molecule has 28 heavy (non-hydrogen) atoms. The van der Waals surface area contributed by atoms with Gasteiger partial charge in [-0.1, -0.05) is 120 Å². The average molecular weight is 526 g/mol. The van der Waals surface area contributed by atoms with Crippen molar-refractivity contribution in [3.63, 3.8) is 0 Å². The van der Waals surface area contributed by atoms with E-state index in [0.29, 0.717) is 0 Å². The summed E-state index contributed by atoms with van der Waals surface area (Å²) in [7, 11) is -2.34. The van der Waals surface area contributed by atoms with E-state index in [1.54, 1.807) is 0 Å². The Kier molecular flexibility index (Phi) is 11.1. The summed E-state index contributed by atoms with van der Waals surface area (Å²) in [6.45, 7) is 4.56. The van der Waals surface area contributed by atoms with Crippen LogP contribution in [0.1, 0.15) is 51.5 Å². The van der Waals surface area contributed by atoms with Crippen molar-refractivity contribution in [1.29, 1.82) is 0 Å². The van der Waals surface area contributed by atoms with Crippen molar-refractivity contribution in [1.82, 2.24) is 0 Å². The summed E-state index contributed by atoms with van der Waals surface area (Å²) in [5, 5.41) is 4.74. The number of halogens is 2. The molecule has 0 heterocycles. The second-order valence-corrected chi connectivity index (χ2v) is 12.4. The first kappa shape index (κ1) is 23.9. The number of aryl methyl sites for hydroxylation is 1. The predicted octanol–water partition coefficient (Wildman–Crippen LogP) is 6.45. The number of alkyl halides is 2. The predicted molar refractivity (Wildman–Crippen MR) is 133 cm³/mol. The van der Waals surface area contributed by atoms with Gasteiger partial charge in [-0.2, -0.15) is 0 Å². The monoisotopic (exact) mass is 524 g/mol.